The van der Waals surface area contributed by atoms with Gasteiger partial charge in [0.2, 0.25) is 0 Å². The highest BCUT2D eigenvalue weighted by molar-refractivity contribution is 6.30. The van der Waals surface area contributed by atoms with Crippen molar-refractivity contribution in [2.45, 2.75) is 68.3 Å². The fraction of sp³-hybridized carbons (Fsp3) is 0.613. The standard InChI is InChI=1S/C31H38ClF2N5O5/c32-20-7-19(8-22(41)9-20)25-24(34)26-23(11-35-25)27(38-5-1-3-29(15-38)13-31(42,14-29)17-43-18-40)37-28(36-26)44-16-30-4-2-6-39(30)12-21(33)10-30/h7-9,11,21,25,35,40-42H,1-6,10,12-18H2/t21-,25?,29?,30+,31?/m1/s1. The normalized spacial score (nSPS) is 33.0. The molecule has 3 atom stereocenters. The van der Waals surface area contributed by atoms with E-state index in [1.807, 2.05) is 0 Å². The first kappa shape index (κ1) is 29.9. The third kappa shape index (κ3) is 5.38. The van der Waals surface area contributed by atoms with E-state index in [2.05, 4.69) is 20.1 Å². The molecule has 2 aromatic rings. The van der Waals surface area contributed by atoms with Crippen molar-refractivity contribution >= 4 is 29.4 Å². The van der Waals surface area contributed by atoms with Crippen LogP contribution in [0.25, 0.3) is 12.0 Å². The summed E-state index contributed by atoms with van der Waals surface area (Å²) in [5.74, 6) is -0.113. The number of phenolic OH excluding ortho intramolecular Hbond substituents is 1. The van der Waals surface area contributed by atoms with Gasteiger partial charge in [0.1, 0.15) is 42.5 Å². The van der Waals surface area contributed by atoms with Crippen LogP contribution in [0.4, 0.5) is 14.6 Å². The van der Waals surface area contributed by atoms with Crippen molar-refractivity contribution in [3.05, 3.63) is 39.4 Å². The number of fused-ring (bicyclic) bond motifs is 2. The quantitative estimate of drug-likeness (QED) is 0.321. The van der Waals surface area contributed by atoms with E-state index < -0.39 is 36.0 Å². The highest BCUT2D eigenvalue weighted by atomic mass is 35.5. The largest absolute Gasteiger partial charge is 0.508 e. The summed E-state index contributed by atoms with van der Waals surface area (Å²) in [4.78, 5) is 13.6. The number of aliphatic hydroxyl groups excluding tert-OH is 1. The molecule has 0 bridgehead atoms. The molecule has 4 fully saturated rings. The number of anilines is 1. The molecule has 5 aliphatic rings. The maximum absolute atomic E-state index is 16.4. The first-order chi connectivity index (χ1) is 21.1. The maximum Gasteiger partial charge on any atom is 0.319 e. The van der Waals surface area contributed by atoms with Gasteiger partial charge in [0.05, 0.1) is 23.0 Å². The van der Waals surface area contributed by atoms with Crippen LogP contribution in [0.2, 0.25) is 5.02 Å². The van der Waals surface area contributed by atoms with Crippen LogP contribution in [0.5, 0.6) is 11.8 Å². The number of hydrogen-bond donors (Lipinski definition) is 4. The molecule has 1 spiro atoms. The van der Waals surface area contributed by atoms with Crippen molar-refractivity contribution in [3.8, 4) is 11.8 Å². The second-order valence-corrected chi connectivity index (χ2v) is 13.8. The molecule has 238 valence electrons. The number of aromatic hydroxyl groups is 1. The van der Waals surface area contributed by atoms with Crippen LogP contribution in [0.1, 0.15) is 56.6 Å². The fourth-order valence-corrected chi connectivity index (χ4v) is 8.68. The summed E-state index contributed by atoms with van der Waals surface area (Å²) in [6, 6.07) is 3.52. The van der Waals surface area contributed by atoms with Gasteiger partial charge in [0, 0.05) is 37.3 Å². The van der Waals surface area contributed by atoms with E-state index in [0.717, 1.165) is 32.2 Å². The lowest BCUT2D eigenvalue weighted by Gasteiger charge is -2.57. The predicted octanol–water partition coefficient (Wildman–Crippen LogP) is 2.03. The molecule has 1 unspecified atom stereocenters. The molecular formula is C31H38ClF2N5O5. The molecule has 0 amide bonds. The summed E-state index contributed by atoms with van der Waals surface area (Å²) in [5.41, 5.74) is -1.14. The van der Waals surface area contributed by atoms with Crippen LogP contribution >= 0.6 is 11.6 Å². The molecule has 4 aliphatic heterocycles. The number of halogens is 3. The van der Waals surface area contributed by atoms with Gasteiger partial charge < -0.3 is 35.0 Å². The van der Waals surface area contributed by atoms with Crippen LogP contribution in [-0.2, 0) is 4.74 Å². The Morgan fingerprint density at radius 1 is 1.11 bits per heavy atom. The summed E-state index contributed by atoms with van der Waals surface area (Å²) >= 11 is 6.17. The summed E-state index contributed by atoms with van der Waals surface area (Å²) in [7, 11) is 0. The van der Waals surface area contributed by atoms with Gasteiger partial charge in [-0.05, 0) is 74.2 Å². The van der Waals surface area contributed by atoms with E-state index >= 15 is 4.39 Å². The number of aliphatic hydroxyl groups is 2. The minimum atomic E-state index is -0.990. The summed E-state index contributed by atoms with van der Waals surface area (Å²) in [6.07, 6.45) is 5.79. The third-order valence-corrected chi connectivity index (χ3v) is 10.3. The Hall–Kier alpha value is -2.77. The minimum absolute atomic E-state index is 0.0292. The first-order valence-corrected chi connectivity index (χ1v) is 15.7. The highest BCUT2D eigenvalue weighted by Gasteiger charge is 2.55. The fourth-order valence-electron chi connectivity index (χ4n) is 8.45. The Morgan fingerprint density at radius 3 is 2.73 bits per heavy atom. The molecule has 5 heterocycles. The maximum atomic E-state index is 16.4. The first-order valence-electron chi connectivity index (χ1n) is 15.3. The van der Waals surface area contributed by atoms with E-state index in [0.29, 0.717) is 55.5 Å². The number of aromatic nitrogens is 2. The van der Waals surface area contributed by atoms with Gasteiger partial charge in [-0.2, -0.15) is 9.97 Å². The van der Waals surface area contributed by atoms with E-state index in [1.165, 1.54) is 12.1 Å². The van der Waals surface area contributed by atoms with Gasteiger partial charge in [-0.25, -0.2) is 8.78 Å². The Bertz CT molecular complexity index is 1540. The van der Waals surface area contributed by atoms with Crippen molar-refractivity contribution in [3.63, 3.8) is 0 Å². The third-order valence-electron chi connectivity index (χ3n) is 10.1. The molecule has 1 aliphatic carbocycles. The predicted molar refractivity (Wildman–Crippen MR) is 159 cm³/mol. The lowest BCUT2D eigenvalue weighted by atomic mass is 9.56. The number of benzene rings is 1. The zero-order valence-corrected chi connectivity index (χ0v) is 25.2. The van der Waals surface area contributed by atoms with Crippen LogP contribution in [-0.4, -0.2) is 93.7 Å². The molecule has 7 rings (SSSR count). The molecule has 3 saturated heterocycles. The average molecular weight is 634 g/mol. The van der Waals surface area contributed by atoms with E-state index in [-0.39, 0.29) is 40.8 Å². The number of rotatable bonds is 8. The number of phenols is 1. The molecule has 1 aromatic carbocycles. The van der Waals surface area contributed by atoms with Crippen LogP contribution in [0.3, 0.4) is 0 Å². The van der Waals surface area contributed by atoms with E-state index in [1.54, 1.807) is 12.3 Å². The number of hydrogen-bond acceptors (Lipinski definition) is 10. The van der Waals surface area contributed by atoms with Crippen LogP contribution in [0.15, 0.2) is 18.2 Å². The number of ether oxygens (including phenoxy) is 2. The smallest absolute Gasteiger partial charge is 0.319 e. The number of nitrogens with one attached hydrogen (secondary N) is 1. The lowest BCUT2D eigenvalue weighted by Crippen LogP contribution is -2.61. The van der Waals surface area contributed by atoms with Crippen molar-refractivity contribution in [2.75, 3.05) is 51.1 Å². The van der Waals surface area contributed by atoms with Crippen molar-refractivity contribution in [1.29, 1.82) is 0 Å². The van der Waals surface area contributed by atoms with Crippen LogP contribution in [0, 0.1) is 5.41 Å². The summed E-state index contributed by atoms with van der Waals surface area (Å²) in [6.45, 7) is 2.33. The topological polar surface area (TPSA) is 123 Å². The lowest BCUT2D eigenvalue weighted by molar-refractivity contribution is -0.181. The van der Waals surface area contributed by atoms with E-state index in [4.69, 9.17) is 31.2 Å². The van der Waals surface area contributed by atoms with Gasteiger partial charge >= 0.3 is 6.01 Å². The Labute approximate surface area is 258 Å². The Morgan fingerprint density at radius 2 is 1.93 bits per heavy atom. The highest BCUT2D eigenvalue weighted by Crippen LogP contribution is 2.54. The zero-order chi connectivity index (χ0) is 30.7. The zero-order valence-electron chi connectivity index (χ0n) is 24.4. The van der Waals surface area contributed by atoms with Gasteiger partial charge in [-0.1, -0.05) is 11.6 Å². The van der Waals surface area contributed by atoms with Crippen LogP contribution < -0.4 is 25.5 Å². The SMILES string of the molecule is OCOCC1(O)CC2(CCCN(c3nc(OC[C@@]45CCCN4C[C@H](F)C5)nc4c3=CNC(c3cc(O)cc(Cl)c3)C=4F)C2)C1. The number of nitrogens with zero attached hydrogens (tertiary/aromatic N) is 4. The molecule has 1 aromatic heterocycles. The van der Waals surface area contributed by atoms with E-state index in [9.17, 15) is 14.6 Å². The average Bonchev–Trinajstić information content (AvgIpc) is 3.49. The molecule has 1 saturated carbocycles. The molecule has 13 heteroatoms. The molecular weight excluding hydrogens is 596 g/mol. The van der Waals surface area contributed by atoms with Crippen molar-refractivity contribution in [1.82, 2.24) is 20.2 Å². The number of piperidine rings is 1. The van der Waals surface area contributed by atoms with Crippen molar-refractivity contribution < 1.29 is 33.6 Å². The van der Waals surface area contributed by atoms with Gasteiger partial charge in [0.15, 0.2) is 5.83 Å². The minimum Gasteiger partial charge on any atom is -0.508 e. The molecule has 4 N–H and O–H groups in total. The second-order valence-electron chi connectivity index (χ2n) is 13.4. The number of alkyl halides is 1. The monoisotopic (exact) mass is 633 g/mol. The Balaban J connectivity index is 1.24. The second kappa shape index (κ2) is 11.2. The summed E-state index contributed by atoms with van der Waals surface area (Å²) in [5, 5.41) is 34.0. The molecule has 0 radical (unpaired) electrons. The van der Waals surface area contributed by atoms with Gasteiger partial charge in [-0.15, -0.1) is 0 Å². The van der Waals surface area contributed by atoms with Crippen molar-refractivity contribution in [2.24, 2.45) is 5.41 Å². The summed E-state index contributed by atoms with van der Waals surface area (Å²) < 4.78 is 42.1. The van der Waals surface area contributed by atoms with Gasteiger partial charge in [-0.3, -0.25) is 4.90 Å². The Kier molecular flexibility index (Phi) is 7.64. The molecule has 10 nitrogen and oxygen atoms in total. The van der Waals surface area contributed by atoms with Gasteiger partial charge in [0.25, 0.3) is 0 Å². The molecule has 44 heavy (non-hydrogen) atoms.